The van der Waals surface area contributed by atoms with Crippen LogP contribution in [0, 0.1) is 6.92 Å². The normalized spacial score (nSPS) is 10.5. The second-order valence-corrected chi connectivity index (χ2v) is 6.93. The number of amides is 1. The highest BCUT2D eigenvalue weighted by Gasteiger charge is 2.13. The van der Waals surface area contributed by atoms with E-state index in [1.165, 1.54) is 11.3 Å². The summed E-state index contributed by atoms with van der Waals surface area (Å²) in [6.07, 6.45) is 3.47. The van der Waals surface area contributed by atoms with Gasteiger partial charge in [-0.05, 0) is 31.2 Å². The maximum atomic E-state index is 12.1. The quantitative estimate of drug-likeness (QED) is 0.673. The van der Waals surface area contributed by atoms with E-state index >= 15 is 0 Å². The van der Waals surface area contributed by atoms with Crippen LogP contribution in [0.5, 0.6) is 5.75 Å². The average molecular weight is 394 g/mol. The third-order valence-corrected chi connectivity index (χ3v) is 4.87. The van der Waals surface area contributed by atoms with E-state index in [9.17, 15) is 4.79 Å². The summed E-state index contributed by atoms with van der Waals surface area (Å²) in [5, 5.41) is 4.09. The number of ether oxygens (including phenoxy) is 1. The van der Waals surface area contributed by atoms with Crippen molar-refractivity contribution in [1.82, 2.24) is 9.97 Å². The molecule has 0 bridgehead atoms. The number of pyridine rings is 1. The molecule has 0 aliphatic rings. The van der Waals surface area contributed by atoms with Crippen LogP contribution in [0.3, 0.4) is 0 Å². The number of hydrogen-bond acceptors (Lipinski definition) is 5. The minimum absolute atomic E-state index is 0.178. The van der Waals surface area contributed by atoms with Gasteiger partial charge in [-0.25, -0.2) is 4.98 Å². The summed E-state index contributed by atoms with van der Waals surface area (Å²) in [4.78, 5) is 21.5. The molecule has 1 aromatic carbocycles. The fraction of sp³-hybridized carbons (Fsp3) is 0.118. The molecule has 1 N–H and O–H groups in total. The highest BCUT2D eigenvalue weighted by atomic mass is 35.5. The molecule has 5 nitrogen and oxygen atoms in total. The molecule has 25 heavy (non-hydrogen) atoms. The molecule has 0 unspecified atom stereocenters. The van der Waals surface area contributed by atoms with Gasteiger partial charge in [0.1, 0.15) is 5.75 Å². The molecular weight excluding hydrogens is 381 g/mol. The van der Waals surface area contributed by atoms with Crippen molar-refractivity contribution in [2.45, 2.75) is 6.92 Å². The van der Waals surface area contributed by atoms with Crippen LogP contribution in [0.25, 0.3) is 10.4 Å². The molecule has 0 saturated heterocycles. The standard InChI is InChI=1S/C17H13Cl2N3O2S/c1-10-16(11-3-2-6-20-8-11)25-17(21-10)22-15(23)9-24-14-5-4-12(18)7-13(14)19/h2-8H,9H2,1H3,(H,21,22,23). The van der Waals surface area contributed by atoms with Gasteiger partial charge in [-0.1, -0.05) is 40.6 Å². The van der Waals surface area contributed by atoms with E-state index < -0.39 is 0 Å². The molecule has 2 heterocycles. The molecule has 1 amide bonds. The highest BCUT2D eigenvalue weighted by Crippen LogP contribution is 2.32. The SMILES string of the molecule is Cc1nc(NC(=O)COc2ccc(Cl)cc2Cl)sc1-c1cccnc1. The molecule has 3 aromatic rings. The van der Waals surface area contributed by atoms with Crippen LogP contribution in [-0.4, -0.2) is 22.5 Å². The molecule has 0 spiro atoms. The van der Waals surface area contributed by atoms with E-state index in [-0.39, 0.29) is 12.5 Å². The number of nitrogens with zero attached hydrogens (tertiary/aromatic N) is 2. The second kappa shape index (κ2) is 7.82. The zero-order chi connectivity index (χ0) is 17.8. The van der Waals surface area contributed by atoms with E-state index in [4.69, 9.17) is 27.9 Å². The molecule has 0 aliphatic carbocycles. The molecule has 3 rings (SSSR count). The fourth-order valence-corrected chi connectivity index (χ4v) is 3.54. The number of benzene rings is 1. The maximum absolute atomic E-state index is 12.1. The predicted octanol–water partition coefficient (Wildman–Crippen LogP) is 4.84. The molecule has 0 fully saturated rings. The van der Waals surface area contributed by atoms with Crippen molar-refractivity contribution in [3.05, 3.63) is 58.5 Å². The molecule has 0 saturated carbocycles. The minimum atomic E-state index is -0.322. The van der Waals surface area contributed by atoms with Crippen molar-refractivity contribution >= 4 is 45.6 Å². The minimum Gasteiger partial charge on any atom is -0.482 e. The largest absolute Gasteiger partial charge is 0.482 e. The van der Waals surface area contributed by atoms with Crippen LogP contribution in [0.4, 0.5) is 5.13 Å². The second-order valence-electron chi connectivity index (χ2n) is 5.09. The van der Waals surface area contributed by atoms with Crippen molar-refractivity contribution in [1.29, 1.82) is 0 Å². The Bertz CT molecular complexity index is 900. The third-order valence-electron chi connectivity index (χ3n) is 3.22. The monoisotopic (exact) mass is 393 g/mol. The summed E-state index contributed by atoms with van der Waals surface area (Å²) in [6, 6.07) is 8.62. The lowest BCUT2D eigenvalue weighted by atomic mass is 10.2. The van der Waals surface area contributed by atoms with Crippen molar-refractivity contribution < 1.29 is 9.53 Å². The molecule has 2 aromatic heterocycles. The summed E-state index contributed by atoms with van der Waals surface area (Å²) in [7, 11) is 0. The van der Waals surface area contributed by atoms with Crippen molar-refractivity contribution in [3.63, 3.8) is 0 Å². The first-order chi connectivity index (χ1) is 12.0. The van der Waals surface area contributed by atoms with Crippen LogP contribution < -0.4 is 10.1 Å². The first-order valence-electron chi connectivity index (χ1n) is 7.28. The Kier molecular flexibility index (Phi) is 5.53. The first-order valence-corrected chi connectivity index (χ1v) is 8.85. The van der Waals surface area contributed by atoms with E-state index in [1.807, 2.05) is 19.1 Å². The number of aryl methyl sites for hydroxylation is 1. The van der Waals surface area contributed by atoms with Crippen LogP contribution in [0.15, 0.2) is 42.7 Å². The van der Waals surface area contributed by atoms with Crippen molar-refractivity contribution in [2.75, 3.05) is 11.9 Å². The van der Waals surface area contributed by atoms with Gasteiger partial charge in [0.15, 0.2) is 11.7 Å². The number of hydrogen-bond donors (Lipinski definition) is 1. The molecule has 0 atom stereocenters. The van der Waals surface area contributed by atoms with Gasteiger partial charge in [-0.2, -0.15) is 0 Å². The predicted molar refractivity (Wildman–Crippen MR) is 101 cm³/mol. The smallest absolute Gasteiger partial charge is 0.264 e. The number of anilines is 1. The number of nitrogens with one attached hydrogen (secondary N) is 1. The number of rotatable bonds is 5. The number of thiazole rings is 1. The van der Waals surface area contributed by atoms with E-state index in [0.29, 0.717) is 20.9 Å². The lowest BCUT2D eigenvalue weighted by molar-refractivity contribution is -0.118. The van der Waals surface area contributed by atoms with Crippen LogP contribution in [0.1, 0.15) is 5.69 Å². The van der Waals surface area contributed by atoms with E-state index in [0.717, 1.165) is 16.1 Å². The van der Waals surface area contributed by atoms with Crippen LogP contribution >= 0.6 is 34.5 Å². The molecular formula is C17H13Cl2N3O2S. The number of carbonyl (C=O) groups is 1. The molecule has 0 aliphatic heterocycles. The Balaban J connectivity index is 1.63. The fourth-order valence-electron chi connectivity index (χ4n) is 2.11. The molecule has 8 heteroatoms. The van der Waals surface area contributed by atoms with Gasteiger partial charge >= 0.3 is 0 Å². The Hall–Kier alpha value is -2.15. The Labute approximate surface area is 158 Å². The summed E-state index contributed by atoms with van der Waals surface area (Å²) < 4.78 is 5.41. The van der Waals surface area contributed by atoms with Gasteiger partial charge in [-0.15, -0.1) is 0 Å². The summed E-state index contributed by atoms with van der Waals surface area (Å²) in [5.41, 5.74) is 1.79. The molecule has 128 valence electrons. The summed E-state index contributed by atoms with van der Waals surface area (Å²) in [5.74, 6) is 0.0742. The zero-order valence-corrected chi connectivity index (χ0v) is 15.5. The van der Waals surface area contributed by atoms with Crippen LogP contribution in [-0.2, 0) is 4.79 Å². The van der Waals surface area contributed by atoms with Gasteiger partial charge in [0, 0.05) is 23.0 Å². The Morgan fingerprint density at radius 3 is 2.88 bits per heavy atom. The Morgan fingerprint density at radius 2 is 2.16 bits per heavy atom. The lowest BCUT2D eigenvalue weighted by Gasteiger charge is -2.07. The number of carbonyl (C=O) groups excluding carboxylic acids is 1. The number of aromatic nitrogens is 2. The summed E-state index contributed by atoms with van der Waals surface area (Å²) in [6.45, 7) is 1.71. The Morgan fingerprint density at radius 1 is 1.32 bits per heavy atom. The highest BCUT2D eigenvalue weighted by molar-refractivity contribution is 7.19. The van der Waals surface area contributed by atoms with Gasteiger partial charge in [0.05, 0.1) is 15.6 Å². The van der Waals surface area contributed by atoms with Gasteiger partial charge in [0.25, 0.3) is 5.91 Å². The molecule has 0 radical (unpaired) electrons. The third kappa shape index (κ3) is 4.48. The van der Waals surface area contributed by atoms with Crippen LogP contribution in [0.2, 0.25) is 10.0 Å². The summed E-state index contributed by atoms with van der Waals surface area (Å²) >= 11 is 13.2. The lowest BCUT2D eigenvalue weighted by Crippen LogP contribution is -2.20. The van der Waals surface area contributed by atoms with Gasteiger partial charge in [-0.3, -0.25) is 15.1 Å². The van der Waals surface area contributed by atoms with Crippen molar-refractivity contribution in [3.8, 4) is 16.2 Å². The van der Waals surface area contributed by atoms with Gasteiger partial charge in [0.2, 0.25) is 0 Å². The van der Waals surface area contributed by atoms with E-state index in [1.54, 1.807) is 30.6 Å². The number of halogens is 2. The maximum Gasteiger partial charge on any atom is 0.264 e. The first kappa shape index (κ1) is 17.7. The topological polar surface area (TPSA) is 64.1 Å². The van der Waals surface area contributed by atoms with E-state index in [2.05, 4.69) is 15.3 Å². The van der Waals surface area contributed by atoms with Gasteiger partial charge < -0.3 is 4.74 Å². The zero-order valence-electron chi connectivity index (χ0n) is 13.1. The van der Waals surface area contributed by atoms with Crippen molar-refractivity contribution in [2.24, 2.45) is 0 Å². The average Bonchev–Trinajstić information content (AvgIpc) is 2.95.